The van der Waals surface area contributed by atoms with Gasteiger partial charge in [-0.1, -0.05) is 39.3 Å². The number of benzene rings is 2. The third-order valence-electron chi connectivity index (χ3n) is 3.77. The summed E-state index contributed by atoms with van der Waals surface area (Å²) in [4.78, 5) is 12.3. The van der Waals surface area contributed by atoms with Crippen LogP contribution in [0.25, 0.3) is 11.3 Å². The Morgan fingerprint density at radius 2 is 1.77 bits per heavy atom. The zero-order chi connectivity index (χ0) is 18.7. The fourth-order valence-electron chi connectivity index (χ4n) is 2.57. The predicted octanol–water partition coefficient (Wildman–Crippen LogP) is 5.13. The predicted molar refractivity (Wildman–Crippen MR) is 104 cm³/mol. The van der Waals surface area contributed by atoms with Crippen molar-refractivity contribution in [3.63, 3.8) is 0 Å². The quantitative estimate of drug-likeness (QED) is 0.628. The molecule has 0 fully saturated rings. The van der Waals surface area contributed by atoms with E-state index in [9.17, 15) is 4.79 Å². The number of aryl methyl sites for hydroxylation is 2. The van der Waals surface area contributed by atoms with Gasteiger partial charge in [0.05, 0.1) is 0 Å². The summed E-state index contributed by atoms with van der Waals surface area (Å²) in [5.41, 5.74) is 3.72. The molecule has 1 atom stereocenters. The van der Waals surface area contributed by atoms with E-state index in [4.69, 9.17) is 9.26 Å². The molecule has 0 aliphatic carbocycles. The minimum Gasteiger partial charge on any atom is -0.481 e. The summed E-state index contributed by atoms with van der Waals surface area (Å²) >= 11 is 3.39. The molecule has 0 bridgehead atoms. The number of rotatable bonds is 5. The van der Waals surface area contributed by atoms with Crippen molar-refractivity contribution in [3.05, 3.63) is 64.1 Å². The highest BCUT2D eigenvalue weighted by Crippen LogP contribution is 2.24. The van der Waals surface area contributed by atoms with Crippen molar-refractivity contribution in [1.82, 2.24) is 5.16 Å². The number of hydrogen-bond donors (Lipinski definition) is 1. The highest BCUT2D eigenvalue weighted by Gasteiger charge is 2.17. The summed E-state index contributed by atoms with van der Waals surface area (Å²) in [6, 6.07) is 15.2. The molecule has 1 amide bonds. The Bertz CT molecular complexity index is 899. The van der Waals surface area contributed by atoms with Crippen LogP contribution in [0.15, 0.2) is 57.5 Å². The van der Waals surface area contributed by atoms with Gasteiger partial charge in [0.2, 0.25) is 5.88 Å². The van der Waals surface area contributed by atoms with Crippen LogP contribution in [0.4, 0.5) is 5.88 Å². The smallest absolute Gasteiger partial charge is 0.267 e. The second-order valence-corrected chi connectivity index (χ2v) is 7.07. The van der Waals surface area contributed by atoms with Crippen LogP contribution in [0, 0.1) is 13.8 Å². The van der Waals surface area contributed by atoms with E-state index in [2.05, 4.69) is 32.5 Å². The zero-order valence-corrected chi connectivity index (χ0v) is 16.3. The van der Waals surface area contributed by atoms with Crippen LogP contribution in [0.3, 0.4) is 0 Å². The molecule has 3 rings (SSSR count). The average molecular weight is 415 g/mol. The van der Waals surface area contributed by atoms with Crippen molar-refractivity contribution in [2.45, 2.75) is 26.9 Å². The number of anilines is 1. The van der Waals surface area contributed by atoms with Crippen molar-refractivity contribution in [1.29, 1.82) is 0 Å². The Hall–Kier alpha value is -2.60. The lowest BCUT2D eigenvalue weighted by molar-refractivity contribution is -0.122. The van der Waals surface area contributed by atoms with Crippen molar-refractivity contribution in [2.75, 3.05) is 5.32 Å². The van der Waals surface area contributed by atoms with Crippen LogP contribution in [0.1, 0.15) is 18.1 Å². The van der Waals surface area contributed by atoms with Crippen LogP contribution in [-0.2, 0) is 4.79 Å². The van der Waals surface area contributed by atoms with E-state index >= 15 is 0 Å². The van der Waals surface area contributed by atoms with Crippen molar-refractivity contribution < 1.29 is 14.1 Å². The first kappa shape index (κ1) is 18.2. The molecule has 0 spiro atoms. The molecule has 1 N–H and O–H groups in total. The Balaban J connectivity index is 1.65. The van der Waals surface area contributed by atoms with Gasteiger partial charge in [-0.3, -0.25) is 10.1 Å². The van der Waals surface area contributed by atoms with E-state index in [0.29, 0.717) is 11.4 Å². The molecule has 0 aliphatic rings. The second kappa shape index (κ2) is 7.74. The van der Waals surface area contributed by atoms with Crippen molar-refractivity contribution in [3.8, 4) is 17.0 Å². The van der Waals surface area contributed by atoms with Gasteiger partial charge in [0, 0.05) is 16.1 Å². The SMILES string of the molecule is Cc1cc(C)cc(OC(C)C(=O)Nc2cc(-c3ccc(Br)cc3)no2)c1. The van der Waals surface area contributed by atoms with E-state index < -0.39 is 6.10 Å². The Morgan fingerprint density at radius 3 is 2.42 bits per heavy atom. The van der Waals surface area contributed by atoms with Gasteiger partial charge in [-0.05, 0) is 56.2 Å². The lowest BCUT2D eigenvalue weighted by Gasteiger charge is -2.14. The first-order chi connectivity index (χ1) is 12.4. The van der Waals surface area contributed by atoms with Gasteiger partial charge in [-0.25, -0.2) is 0 Å². The van der Waals surface area contributed by atoms with Crippen LogP contribution in [-0.4, -0.2) is 17.2 Å². The molecule has 0 saturated carbocycles. The number of amides is 1. The number of aromatic nitrogens is 1. The molecule has 1 aromatic heterocycles. The van der Waals surface area contributed by atoms with E-state index in [1.807, 2.05) is 50.2 Å². The number of nitrogens with zero attached hydrogens (tertiary/aromatic N) is 1. The highest BCUT2D eigenvalue weighted by molar-refractivity contribution is 9.10. The molecule has 0 saturated heterocycles. The van der Waals surface area contributed by atoms with E-state index in [-0.39, 0.29) is 11.8 Å². The number of carbonyl (C=O) groups excluding carboxylic acids is 1. The van der Waals surface area contributed by atoms with Gasteiger partial charge in [0.25, 0.3) is 5.91 Å². The molecule has 26 heavy (non-hydrogen) atoms. The summed E-state index contributed by atoms with van der Waals surface area (Å²) in [7, 11) is 0. The van der Waals surface area contributed by atoms with Gasteiger partial charge in [-0.15, -0.1) is 0 Å². The first-order valence-corrected chi connectivity index (χ1v) is 8.98. The maximum Gasteiger partial charge on any atom is 0.267 e. The van der Waals surface area contributed by atoms with Crippen LogP contribution >= 0.6 is 15.9 Å². The third kappa shape index (κ3) is 4.52. The number of nitrogens with one attached hydrogen (secondary N) is 1. The van der Waals surface area contributed by atoms with Crippen LogP contribution in [0.2, 0.25) is 0 Å². The topological polar surface area (TPSA) is 64.4 Å². The zero-order valence-electron chi connectivity index (χ0n) is 14.7. The third-order valence-corrected chi connectivity index (χ3v) is 4.30. The fourth-order valence-corrected chi connectivity index (χ4v) is 2.84. The maximum atomic E-state index is 12.3. The summed E-state index contributed by atoms with van der Waals surface area (Å²) in [5.74, 6) is 0.643. The van der Waals surface area contributed by atoms with E-state index in [1.54, 1.807) is 13.0 Å². The monoisotopic (exact) mass is 414 g/mol. The van der Waals surface area contributed by atoms with Crippen LogP contribution < -0.4 is 10.1 Å². The van der Waals surface area contributed by atoms with Gasteiger partial charge in [0.1, 0.15) is 11.4 Å². The Kier molecular flexibility index (Phi) is 5.42. The van der Waals surface area contributed by atoms with Crippen LogP contribution in [0.5, 0.6) is 5.75 Å². The van der Waals surface area contributed by atoms with E-state index in [1.165, 1.54) is 0 Å². The van der Waals surface area contributed by atoms with E-state index in [0.717, 1.165) is 21.2 Å². The average Bonchev–Trinajstić information content (AvgIpc) is 3.03. The Morgan fingerprint density at radius 1 is 1.12 bits per heavy atom. The number of carbonyl (C=O) groups is 1. The molecular formula is C20H19BrN2O3. The largest absolute Gasteiger partial charge is 0.481 e. The summed E-state index contributed by atoms with van der Waals surface area (Å²) in [6.45, 7) is 5.67. The number of hydrogen-bond acceptors (Lipinski definition) is 4. The molecular weight excluding hydrogens is 396 g/mol. The van der Waals surface area contributed by atoms with Gasteiger partial charge in [0.15, 0.2) is 6.10 Å². The first-order valence-electron chi connectivity index (χ1n) is 8.19. The molecule has 0 radical (unpaired) electrons. The van der Waals surface area contributed by atoms with Gasteiger partial charge >= 0.3 is 0 Å². The van der Waals surface area contributed by atoms with Crippen molar-refractivity contribution >= 4 is 27.7 Å². The minimum absolute atomic E-state index is 0.281. The maximum absolute atomic E-state index is 12.3. The molecule has 2 aromatic carbocycles. The molecule has 3 aromatic rings. The second-order valence-electron chi connectivity index (χ2n) is 6.16. The summed E-state index contributed by atoms with van der Waals surface area (Å²) < 4.78 is 11.9. The molecule has 1 unspecified atom stereocenters. The van der Waals surface area contributed by atoms with Crippen molar-refractivity contribution in [2.24, 2.45) is 0 Å². The summed E-state index contributed by atoms with van der Waals surface area (Å²) in [5, 5.41) is 6.68. The molecule has 134 valence electrons. The highest BCUT2D eigenvalue weighted by atomic mass is 79.9. The lowest BCUT2D eigenvalue weighted by atomic mass is 10.1. The lowest BCUT2D eigenvalue weighted by Crippen LogP contribution is -2.30. The minimum atomic E-state index is -0.669. The standard InChI is InChI=1S/C20H19BrN2O3/c1-12-8-13(2)10-17(9-12)25-14(3)20(24)22-19-11-18(23-26-19)15-4-6-16(21)7-5-15/h4-11,14H,1-3H3,(H,22,24). The molecule has 0 aliphatic heterocycles. The Labute approximate surface area is 160 Å². The molecule has 1 heterocycles. The summed E-state index contributed by atoms with van der Waals surface area (Å²) in [6.07, 6.45) is -0.669. The molecule has 6 heteroatoms. The van der Waals surface area contributed by atoms with Gasteiger partial charge in [-0.2, -0.15) is 0 Å². The van der Waals surface area contributed by atoms with Gasteiger partial charge < -0.3 is 9.26 Å². The number of ether oxygens (including phenoxy) is 1. The number of halogens is 1. The fraction of sp³-hybridized carbons (Fsp3) is 0.200. The normalized spacial score (nSPS) is 11.8. The molecule has 5 nitrogen and oxygen atoms in total.